The minimum Gasteiger partial charge on any atom is -0.480 e. The van der Waals surface area contributed by atoms with Gasteiger partial charge in [-0.3, -0.25) is 4.79 Å². The number of pyridine rings is 1. The summed E-state index contributed by atoms with van der Waals surface area (Å²) < 4.78 is 6.98. The fourth-order valence-electron chi connectivity index (χ4n) is 3.37. The molecule has 1 amide bonds. The molecule has 3 aromatic heterocycles. The second kappa shape index (κ2) is 6.51. The molecule has 1 fully saturated rings. The van der Waals surface area contributed by atoms with E-state index in [4.69, 9.17) is 4.74 Å². The van der Waals surface area contributed by atoms with Gasteiger partial charge in [0.25, 0.3) is 5.91 Å². The van der Waals surface area contributed by atoms with Crippen molar-refractivity contribution in [3.05, 3.63) is 54.1 Å². The molecule has 0 spiro atoms. The van der Waals surface area contributed by atoms with Crippen molar-refractivity contribution in [3.63, 3.8) is 0 Å². The molecule has 25 heavy (non-hydrogen) atoms. The highest BCUT2D eigenvalue weighted by Gasteiger charge is 2.31. The first-order valence-electron chi connectivity index (χ1n) is 8.38. The van der Waals surface area contributed by atoms with Crippen molar-refractivity contribution >= 4 is 11.6 Å². The summed E-state index contributed by atoms with van der Waals surface area (Å²) in [7, 11) is 1.53. The van der Waals surface area contributed by atoms with Crippen LogP contribution in [0.3, 0.4) is 0 Å². The van der Waals surface area contributed by atoms with Gasteiger partial charge in [0, 0.05) is 25.0 Å². The van der Waals surface area contributed by atoms with Crippen molar-refractivity contribution < 1.29 is 9.53 Å². The van der Waals surface area contributed by atoms with Crippen molar-refractivity contribution in [2.45, 2.75) is 25.3 Å². The van der Waals surface area contributed by atoms with E-state index >= 15 is 0 Å². The molecule has 0 N–H and O–H groups in total. The lowest BCUT2D eigenvalue weighted by molar-refractivity contribution is 0.0602. The van der Waals surface area contributed by atoms with E-state index in [1.807, 2.05) is 23.2 Å². The first-order chi connectivity index (χ1) is 12.3. The molecule has 1 saturated heterocycles. The average Bonchev–Trinajstić information content (AvgIpc) is 3.15. The highest BCUT2D eigenvalue weighted by Crippen LogP contribution is 2.32. The van der Waals surface area contributed by atoms with E-state index in [0.29, 0.717) is 18.0 Å². The van der Waals surface area contributed by atoms with E-state index in [9.17, 15) is 4.79 Å². The van der Waals surface area contributed by atoms with E-state index in [2.05, 4.69) is 15.1 Å². The lowest BCUT2D eigenvalue weighted by Crippen LogP contribution is -2.39. The molecule has 128 valence electrons. The summed E-state index contributed by atoms with van der Waals surface area (Å²) in [5.74, 6) is 0.292. The molecule has 3 aromatic rings. The van der Waals surface area contributed by atoms with Crippen molar-refractivity contribution in [3.8, 4) is 5.88 Å². The number of ether oxygens (including phenoxy) is 1. The summed E-state index contributed by atoms with van der Waals surface area (Å²) in [6, 6.07) is 7.27. The molecule has 7 nitrogen and oxygen atoms in total. The highest BCUT2D eigenvalue weighted by molar-refractivity contribution is 5.96. The van der Waals surface area contributed by atoms with E-state index in [1.165, 1.54) is 7.11 Å². The van der Waals surface area contributed by atoms with Gasteiger partial charge in [-0.2, -0.15) is 5.10 Å². The van der Waals surface area contributed by atoms with Crippen LogP contribution >= 0.6 is 0 Å². The van der Waals surface area contributed by atoms with E-state index in [0.717, 1.165) is 30.6 Å². The Morgan fingerprint density at radius 1 is 1.24 bits per heavy atom. The van der Waals surface area contributed by atoms with Gasteiger partial charge in [0.05, 0.1) is 25.0 Å². The molecule has 4 rings (SSSR count). The third-order valence-electron chi connectivity index (χ3n) is 4.58. The number of hydrogen-bond donors (Lipinski definition) is 0. The zero-order chi connectivity index (χ0) is 17.2. The second-order valence-electron chi connectivity index (χ2n) is 6.06. The Labute approximate surface area is 145 Å². The molecule has 1 aliphatic rings. The minimum atomic E-state index is -0.0650. The molecule has 0 aliphatic carbocycles. The largest absolute Gasteiger partial charge is 0.480 e. The van der Waals surface area contributed by atoms with Gasteiger partial charge < -0.3 is 9.64 Å². The predicted molar refractivity (Wildman–Crippen MR) is 91.4 cm³/mol. The fourth-order valence-corrected chi connectivity index (χ4v) is 3.37. The Morgan fingerprint density at radius 2 is 2.16 bits per heavy atom. The molecule has 1 unspecified atom stereocenters. The molecular formula is C18H19N5O2. The zero-order valence-corrected chi connectivity index (χ0v) is 14.0. The maximum absolute atomic E-state index is 13.1. The number of hydrogen-bond acceptors (Lipinski definition) is 5. The molecule has 1 atom stereocenters. The third-order valence-corrected chi connectivity index (χ3v) is 4.58. The van der Waals surface area contributed by atoms with Crippen LogP contribution in [0.25, 0.3) is 5.65 Å². The fraction of sp³-hybridized carbons (Fsp3) is 0.333. The quantitative estimate of drug-likeness (QED) is 0.734. The summed E-state index contributed by atoms with van der Waals surface area (Å²) >= 11 is 0. The molecule has 0 aromatic carbocycles. The van der Waals surface area contributed by atoms with Gasteiger partial charge in [0.15, 0.2) is 5.65 Å². The Morgan fingerprint density at radius 3 is 3.04 bits per heavy atom. The van der Waals surface area contributed by atoms with Gasteiger partial charge in [-0.25, -0.2) is 14.5 Å². The number of carbonyl (C=O) groups excluding carboxylic acids is 1. The first-order valence-corrected chi connectivity index (χ1v) is 8.38. The van der Waals surface area contributed by atoms with Crippen LogP contribution in [0.5, 0.6) is 5.88 Å². The monoisotopic (exact) mass is 337 g/mol. The van der Waals surface area contributed by atoms with Crippen LogP contribution < -0.4 is 4.74 Å². The van der Waals surface area contributed by atoms with Gasteiger partial charge in [0.2, 0.25) is 5.88 Å². The zero-order valence-electron chi connectivity index (χ0n) is 14.0. The number of aromatic nitrogens is 4. The van der Waals surface area contributed by atoms with Crippen LogP contribution in [-0.4, -0.2) is 44.0 Å². The normalized spacial score (nSPS) is 17.6. The number of fused-ring (bicyclic) bond motifs is 1. The SMILES string of the molecule is COc1ncccc1C(=O)N1CCCCC1c1ccn2nccc2n1. The molecule has 4 heterocycles. The van der Waals surface area contributed by atoms with Crippen LogP contribution in [0.2, 0.25) is 0 Å². The van der Waals surface area contributed by atoms with Crippen molar-refractivity contribution in [1.82, 2.24) is 24.5 Å². The lowest BCUT2D eigenvalue weighted by atomic mass is 9.98. The number of nitrogens with zero attached hydrogens (tertiary/aromatic N) is 5. The van der Waals surface area contributed by atoms with Gasteiger partial charge in [-0.15, -0.1) is 0 Å². The van der Waals surface area contributed by atoms with Crippen molar-refractivity contribution in [1.29, 1.82) is 0 Å². The number of carbonyl (C=O) groups is 1. The number of methoxy groups -OCH3 is 1. The van der Waals surface area contributed by atoms with Gasteiger partial charge in [0.1, 0.15) is 5.56 Å². The first kappa shape index (κ1) is 15.6. The van der Waals surface area contributed by atoms with E-state index in [-0.39, 0.29) is 11.9 Å². The van der Waals surface area contributed by atoms with Crippen LogP contribution in [0.4, 0.5) is 0 Å². The molecule has 0 bridgehead atoms. The molecule has 0 saturated carbocycles. The van der Waals surface area contributed by atoms with Crippen LogP contribution in [0.15, 0.2) is 42.9 Å². The predicted octanol–water partition coefficient (Wildman–Crippen LogP) is 2.50. The standard InChI is InChI=1S/C18H19N5O2/c1-25-17-13(5-4-9-19-17)18(24)22-11-3-2-6-15(22)14-8-12-23-16(21-14)7-10-20-23/h4-5,7-10,12,15H,2-3,6,11H2,1H3. The van der Waals surface area contributed by atoms with E-state index < -0.39 is 0 Å². The lowest BCUT2D eigenvalue weighted by Gasteiger charge is -2.35. The van der Waals surface area contributed by atoms with Crippen molar-refractivity contribution in [2.75, 3.05) is 13.7 Å². The van der Waals surface area contributed by atoms with E-state index in [1.54, 1.807) is 29.0 Å². The Bertz CT molecular complexity index is 907. The Hall–Kier alpha value is -2.96. The maximum atomic E-state index is 13.1. The summed E-state index contributed by atoms with van der Waals surface area (Å²) in [6.45, 7) is 0.702. The molecule has 1 aliphatic heterocycles. The highest BCUT2D eigenvalue weighted by atomic mass is 16.5. The van der Waals surface area contributed by atoms with Crippen molar-refractivity contribution in [2.24, 2.45) is 0 Å². The number of likely N-dealkylation sites (tertiary alicyclic amines) is 1. The van der Waals surface area contributed by atoms with Gasteiger partial charge in [-0.1, -0.05) is 0 Å². The molecular weight excluding hydrogens is 318 g/mol. The van der Waals surface area contributed by atoms with Crippen LogP contribution in [0.1, 0.15) is 41.4 Å². The topological polar surface area (TPSA) is 72.6 Å². The average molecular weight is 337 g/mol. The summed E-state index contributed by atoms with van der Waals surface area (Å²) in [6.07, 6.45) is 8.19. The summed E-state index contributed by atoms with van der Waals surface area (Å²) in [5, 5.41) is 4.18. The number of rotatable bonds is 3. The maximum Gasteiger partial charge on any atom is 0.259 e. The smallest absolute Gasteiger partial charge is 0.259 e. The van der Waals surface area contributed by atoms with Gasteiger partial charge >= 0.3 is 0 Å². The Kier molecular flexibility index (Phi) is 4.05. The summed E-state index contributed by atoms with van der Waals surface area (Å²) in [4.78, 5) is 23.9. The Balaban J connectivity index is 1.69. The van der Waals surface area contributed by atoms with Gasteiger partial charge in [-0.05, 0) is 37.5 Å². The number of amides is 1. The minimum absolute atomic E-state index is 0.0499. The summed E-state index contributed by atoms with van der Waals surface area (Å²) in [5.41, 5.74) is 2.17. The molecule has 7 heteroatoms. The second-order valence-corrected chi connectivity index (χ2v) is 6.06. The van der Waals surface area contributed by atoms with Crippen LogP contribution in [0, 0.1) is 0 Å². The van der Waals surface area contributed by atoms with Crippen LogP contribution in [-0.2, 0) is 0 Å². The number of piperidine rings is 1. The third kappa shape index (κ3) is 2.82. The molecule has 0 radical (unpaired) electrons.